The Labute approximate surface area is 138 Å². The fraction of sp³-hybridized carbons (Fsp3) is 0.333. The van der Waals surface area contributed by atoms with Gasteiger partial charge in [0.1, 0.15) is 11.6 Å². The number of rotatable bonds is 5. The van der Waals surface area contributed by atoms with Gasteiger partial charge in [-0.05, 0) is 18.9 Å². The Bertz CT molecular complexity index is 690. The Hall–Kier alpha value is -2.59. The van der Waals surface area contributed by atoms with E-state index >= 15 is 0 Å². The van der Waals surface area contributed by atoms with Gasteiger partial charge in [0.15, 0.2) is 0 Å². The average Bonchev–Trinajstić information content (AvgIpc) is 3.02. The molecule has 8 heteroatoms. The summed E-state index contributed by atoms with van der Waals surface area (Å²) in [7, 11) is 0. The van der Waals surface area contributed by atoms with Gasteiger partial charge in [0.2, 0.25) is 0 Å². The fourth-order valence-corrected chi connectivity index (χ4v) is 2.54. The number of hydrogen-bond acceptors (Lipinski definition) is 5. The number of carbonyl (C=O) groups is 1. The van der Waals surface area contributed by atoms with E-state index in [1.807, 2.05) is 6.07 Å². The summed E-state index contributed by atoms with van der Waals surface area (Å²) in [5, 5.41) is 25.6. The van der Waals surface area contributed by atoms with Crippen LogP contribution in [0.1, 0.15) is 25.7 Å². The van der Waals surface area contributed by atoms with Gasteiger partial charge < -0.3 is 10.6 Å². The molecule has 1 aromatic carbocycles. The molecule has 1 saturated carbocycles. The van der Waals surface area contributed by atoms with Gasteiger partial charge >= 0.3 is 0 Å². The van der Waals surface area contributed by atoms with Crippen molar-refractivity contribution in [1.82, 2.24) is 5.32 Å². The topological polar surface area (TPSA) is 108 Å². The van der Waals surface area contributed by atoms with Crippen LogP contribution in [0.25, 0.3) is 0 Å². The van der Waals surface area contributed by atoms with Gasteiger partial charge in [0.25, 0.3) is 11.6 Å². The third kappa shape index (κ3) is 4.44. The van der Waals surface area contributed by atoms with Crippen molar-refractivity contribution in [3.05, 3.63) is 45.1 Å². The van der Waals surface area contributed by atoms with Crippen molar-refractivity contribution in [2.75, 3.05) is 5.32 Å². The molecule has 1 aromatic rings. The number of nitro groups is 1. The lowest BCUT2D eigenvalue weighted by atomic mass is 10.2. The summed E-state index contributed by atoms with van der Waals surface area (Å²) >= 11 is 5.95. The van der Waals surface area contributed by atoms with Gasteiger partial charge in [-0.25, -0.2) is 0 Å². The molecule has 0 heterocycles. The second-order valence-electron chi connectivity index (χ2n) is 5.19. The van der Waals surface area contributed by atoms with E-state index in [9.17, 15) is 14.9 Å². The zero-order chi connectivity index (χ0) is 16.8. The molecule has 0 radical (unpaired) electrons. The number of nitro benzene ring substituents is 1. The van der Waals surface area contributed by atoms with Gasteiger partial charge in [0.05, 0.1) is 15.6 Å². The molecule has 0 atom stereocenters. The number of hydrogen-bond donors (Lipinski definition) is 2. The first kappa shape index (κ1) is 16.8. The third-order valence-electron chi connectivity index (χ3n) is 3.59. The number of carbonyl (C=O) groups excluding carboxylic acids is 1. The molecule has 0 aliphatic heterocycles. The Morgan fingerprint density at radius 3 is 2.74 bits per heavy atom. The predicted molar refractivity (Wildman–Crippen MR) is 85.8 cm³/mol. The Balaban J connectivity index is 2.10. The second-order valence-corrected chi connectivity index (χ2v) is 5.60. The number of benzene rings is 1. The molecule has 1 aliphatic carbocycles. The van der Waals surface area contributed by atoms with E-state index in [1.54, 1.807) is 0 Å². The van der Waals surface area contributed by atoms with E-state index in [-0.39, 0.29) is 28.0 Å². The van der Waals surface area contributed by atoms with Crippen molar-refractivity contribution >= 4 is 28.9 Å². The maximum Gasteiger partial charge on any atom is 0.271 e. The van der Waals surface area contributed by atoms with Crippen molar-refractivity contribution in [3.63, 3.8) is 0 Å². The summed E-state index contributed by atoms with van der Waals surface area (Å²) in [5.41, 5.74) is 0.000899. The first-order valence-electron chi connectivity index (χ1n) is 7.13. The van der Waals surface area contributed by atoms with Crippen molar-refractivity contribution in [3.8, 4) is 6.07 Å². The van der Waals surface area contributed by atoms with Crippen LogP contribution >= 0.6 is 11.6 Å². The van der Waals surface area contributed by atoms with E-state index < -0.39 is 10.8 Å². The summed E-state index contributed by atoms with van der Waals surface area (Å²) in [4.78, 5) is 22.2. The van der Waals surface area contributed by atoms with E-state index in [4.69, 9.17) is 16.9 Å². The van der Waals surface area contributed by atoms with Crippen molar-refractivity contribution in [1.29, 1.82) is 5.26 Å². The second kappa shape index (κ2) is 7.61. The van der Waals surface area contributed by atoms with Gasteiger partial charge in [0, 0.05) is 24.4 Å². The number of nitrogens with one attached hydrogen (secondary N) is 2. The van der Waals surface area contributed by atoms with Gasteiger partial charge in [-0.2, -0.15) is 5.26 Å². The van der Waals surface area contributed by atoms with E-state index in [0.717, 1.165) is 25.7 Å². The molecule has 0 saturated heterocycles. The van der Waals surface area contributed by atoms with Crippen LogP contribution in [0, 0.1) is 21.4 Å². The van der Waals surface area contributed by atoms with Crippen LogP contribution < -0.4 is 10.6 Å². The highest BCUT2D eigenvalue weighted by Gasteiger charge is 2.19. The summed E-state index contributed by atoms with van der Waals surface area (Å²) in [6.45, 7) is 0. The molecule has 0 spiro atoms. The lowest BCUT2D eigenvalue weighted by Gasteiger charge is -2.11. The van der Waals surface area contributed by atoms with Crippen molar-refractivity contribution < 1.29 is 9.72 Å². The van der Waals surface area contributed by atoms with Gasteiger partial charge in [-0.1, -0.05) is 24.4 Å². The smallest absolute Gasteiger partial charge is 0.271 e. The largest absolute Gasteiger partial charge is 0.359 e. The van der Waals surface area contributed by atoms with Crippen molar-refractivity contribution in [2.45, 2.75) is 31.7 Å². The minimum atomic E-state index is -0.552. The number of non-ortho nitro benzene ring substituents is 1. The number of nitrogens with zero attached hydrogens (tertiary/aromatic N) is 2. The summed E-state index contributed by atoms with van der Waals surface area (Å²) in [6.07, 6.45) is 5.16. The molecule has 0 bridgehead atoms. The standard InChI is InChI=1S/C15H15ClN4O3/c16-13-6-5-12(20(22)23)7-14(13)18-9-10(8-17)15(21)19-11-3-1-2-4-11/h5-7,9,11,18H,1-4H2,(H,19,21)/b10-9-. The van der Waals surface area contributed by atoms with Crippen LogP contribution in [0.3, 0.4) is 0 Å². The molecule has 1 aliphatic rings. The number of anilines is 1. The molecule has 23 heavy (non-hydrogen) atoms. The lowest BCUT2D eigenvalue weighted by molar-refractivity contribution is -0.384. The number of nitriles is 1. The maximum absolute atomic E-state index is 12.0. The zero-order valence-electron chi connectivity index (χ0n) is 12.2. The molecule has 2 rings (SSSR count). The highest BCUT2D eigenvalue weighted by Crippen LogP contribution is 2.26. The summed E-state index contributed by atoms with van der Waals surface area (Å²) < 4.78 is 0. The van der Waals surface area contributed by atoms with E-state index in [2.05, 4.69) is 10.6 Å². The first-order valence-corrected chi connectivity index (χ1v) is 7.50. The third-order valence-corrected chi connectivity index (χ3v) is 3.92. The van der Waals surface area contributed by atoms with Gasteiger partial charge in [-0.15, -0.1) is 0 Å². The SMILES string of the molecule is N#C/C(=C/Nc1cc([N+](=O)[O-])ccc1Cl)C(=O)NC1CCCC1. The number of halogens is 1. The number of amides is 1. The molecular formula is C15H15ClN4O3. The average molecular weight is 335 g/mol. The molecule has 0 aromatic heterocycles. The Kier molecular flexibility index (Phi) is 5.55. The Morgan fingerprint density at radius 2 is 2.13 bits per heavy atom. The van der Waals surface area contributed by atoms with Crippen LogP contribution in [-0.4, -0.2) is 16.9 Å². The fourth-order valence-electron chi connectivity index (χ4n) is 2.37. The van der Waals surface area contributed by atoms with Crippen molar-refractivity contribution in [2.24, 2.45) is 0 Å². The Morgan fingerprint density at radius 1 is 1.43 bits per heavy atom. The monoisotopic (exact) mass is 334 g/mol. The van der Waals surface area contributed by atoms with E-state index in [1.165, 1.54) is 24.4 Å². The predicted octanol–water partition coefficient (Wildman–Crippen LogP) is 3.13. The quantitative estimate of drug-likeness (QED) is 0.372. The zero-order valence-corrected chi connectivity index (χ0v) is 13.0. The minimum absolute atomic E-state index is 0.0978. The molecule has 2 N–H and O–H groups in total. The van der Waals surface area contributed by atoms with E-state index in [0.29, 0.717) is 0 Å². The maximum atomic E-state index is 12.0. The van der Waals surface area contributed by atoms with Crippen LogP contribution in [0.15, 0.2) is 30.0 Å². The van der Waals surface area contributed by atoms with Crippen LogP contribution in [0.2, 0.25) is 5.02 Å². The normalized spacial score (nSPS) is 15.0. The molecular weight excluding hydrogens is 320 g/mol. The minimum Gasteiger partial charge on any atom is -0.359 e. The summed E-state index contributed by atoms with van der Waals surface area (Å²) in [5.74, 6) is -0.464. The lowest BCUT2D eigenvalue weighted by Crippen LogP contribution is -2.33. The van der Waals surface area contributed by atoms with Crippen LogP contribution in [-0.2, 0) is 4.79 Å². The summed E-state index contributed by atoms with van der Waals surface area (Å²) in [6, 6.07) is 5.80. The first-order chi connectivity index (χ1) is 11.0. The van der Waals surface area contributed by atoms with Crippen LogP contribution in [0.5, 0.6) is 0 Å². The highest BCUT2D eigenvalue weighted by molar-refractivity contribution is 6.33. The van der Waals surface area contributed by atoms with Crippen LogP contribution in [0.4, 0.5) is 11.4 Å². The molecule has 120 valence electrons. The highest BCUT2D eigenvalue weighted by atomic mass is 35.5. The van der Waals surface area contributed by atoms with Gasteiger partial charge in [-0.3, -0.25) is 14.9 Å². The molecule has 1 fully saturated rings. The molecule has 7 nitrogen and oxygen atoms in total. The molecule has 1 amide bonds. The molecule has 0 unspecified atom stereocenters.